The molecular formula is C13H20FN3O2S. The molecule has 0 amide bonds. The Morgan fingerprint density at radius 3 is 2.45 bits per heavy atom. The van der Waals surface area contributed by atoms with Gasteiger partial charge in [0.1, 0.15) is 10.7 Å². The summed E-state index contributed by atoms with van der Waals surface area (Å²) in [6, 6.07) is 3.82. The Balaban J connectivity index is 2.22. The Morgan fingerprint density at radius 1 is 1.30 bits per heavy atom. The van der Waals surface area contributed by atoms with E-state index in [1.807, 2.05) is 14.1 Å². The molecule has 0 spiro atoms. The molecule has 5 nitrogen and oxygen atoms in total. The molecule has 0 atom stereocenters. The highest BCUT2D eigenvalue weighted by Crippen LogP contribution is 2.26. The summed E-state index contributed by atoms with van der Waals surface area (Å²) in [5.41, 5.74) is 5.76. The van der Waals surface area contributed by atoms with Crippen molar-refractivity contribution in [2.24, 2.45) is 0 Å². The quantitative estimate of drug-likeness (QED) is 0.850. The van der Waals surface area contributed by atoms with Crippen molar-refractivity contribution in [1.82, 2.24) is 9.21 Å². The molecule has 20 heavy (non-hydrogen) atoms. The second kappa shape index (κ2) is 5.67. The molecule has 7 heteroatoms. The van der Waals surface area contributed by atoms with Crippen LogP contribution in [0.2, 0.25) is 0 Å². The zero-order valence-electron chi connectivity index (χ0n) is 11.7. The smallest absolute Gasteiger partial charge is 0.245 e. The Hall–Kier alpha value is -1.18. The van der Waals surface area contributed by atoms with E-state index < -0.39 is 15.8 Å². The molecule has 1 aliphatic rings. The van der Waals surface area contributed by atoms with Crippen LogP contribution in [0.1, 0.15) is 12.8 Å². The predicted molar refractivity (Wildman–Crippen MR) is 76.3 cm³/mol. The summed E-state index contributed by atoms with van der Waals surface area (Å²) < 4.78 is 39.7. The number of hydrogen-bond donors (Lipinski definition) is 1. The highest BCUT2D eigenvalue weighted by Gasteiger charge is 2.31. The second-order valence-corrected chi connectivity index (χ2v) is 7.19. The molecule has 1 aromatic carbocycles. The van der Waals surface area contributed by atoms with Crippen LogP contribution < -0.4 is 5.73 Å². The largest absolute Gasteiger partial charge is 0.398 e. The normalized spacial score (nSPS) is 18.6. The maximum atomic E-state index is 13.3. The molecule has 1 heterocycles. The van der Waals surface area contributed by atoms with E-state index in [4.69, 9.17) is 5.73 Å². The van der Waals surface area contributed by atoms with Crippen molar-refractivity contribution >= 4 is 15.7 Å². The molecule has 0 aromatic heterocycles. The average Bonchev–Trinajstić information content (AvgIpc) is 2.41. The van der Waals surface area contributed by atoms with Crippen molar-refractivity contribution in [2.75, 3.05) is 32.9 Å². The van der Waals surface area contributed by atoms with E-state index in [2.05, 4.69) is 4.90 Å². The van der Waals surface area contributed by atoms with Crippen molar-refractivity contribution in [1.29, 1.82) is 0 Å². The van der Waals surface area contributed by atoms with Crippen LogP contribution in [0.3, 0.4) is 0 Å². The summed E-state index contributed by atoms with van der Waals surface area (Å²) in [6.07, 6.45) is 1.53. The molecule has 2 rings (SSSR count). The van der Waals surface area contributed by atoms with Crippen LogP contribution in [0.15, 0.2) is 23.1 Å². The van der Waals surface area contributed by atoms with Gasteiger partial charge in [0.15, 0.2) is 0 Å². The first kappa shape index (κ1) is 15.2. The molecule has 0 bridgehead atoms. The topological polar surface area (TPSA) is 66.6 Å². The van der Waals surface area contributed by atoms with Crippen molar-refractivity contribution in [3.8, 4) is 0 Å². The highest BCUT2D eigenvalue weighted by molar-refractivity contribution is 7.89. The van der Waals surface area contributed by atoms with Crippen LogP contribution >= 0.6 is 0 Å². The SMILES string of the molecule is CN(C)C1CCN(S(=O)(=O)c2cc(F)ccc2N)CC1. The lowest BCUT2D eigenvalue weighted by atomic mass is 10.1. The van der Waals surface area contributed by atoms with Crippen LogP contribution in [0.25, 0.3) is 0 Å². The Morgan fingerprint density at radius 2 is 1.90 bits per heavy atom. The van der Waals surface area contributed by atoms with Gasteiger partial charge in [0, 0.05) is 19.1 Å². The minimum atomic E-state index is -3.71. The second-order valence-electron chi connectivity index (χ2n) is 5.28. The molecule has 1 aliphatic heterocycles. The van der Waals surface area contributed by atoms with Gasteiger partial charge in [0.2, 0.25) is 10.0 Å². The van der Waals surface area contributed by atoms with Crippen molar-refractivity contribution in [3.63, 3.8) is 0 Å². The van der Waals surface area contributed by atoms with E-state index in [9.17, 15) is 12.8 Å². The van der Waals surface area contributed by atoms with Gasteiger partial charge in [0.25, 0.3) is 0 Å². The predicted octanol–water partition coefficient (Wildman–Crippen LogP) is 1.12. The number of rotatable bonds is 3. The van der Waals surface area contributed by atoms with Gasteiger partial charge < -0.3 is 10.6 Å². The Labute approximate surface area is 119 Å². The van der Waals surface area contributed by atoms with Gasteiger partial charge in [-0.15, -0.1) is 0 Å². The van der Waals surface area contributed by atoms with E-state index in [-0.39, 0.29) is 10.6 Å². The van der Waals surface area contributed by atoms with Gasteiger partial charge >= 0.3 is 0 Å². The fourth-order valence-corrected chi connectivity index (χ4v) is 4.07. The Bertz CT molecular complexity index is 581. The first-order valence-corrected chi connectivity index (χ1v) is 7.98. The van der Waals surface area contributed by atoms with E-state index >= 15 is 0 Å². The fraction of sp³-hybridized carbons (Fsp3) is 0.538. The minimum absolute atomic E-state index is 0.0844. The highest BCUT2D eigenvalue weighted by atomic mass is 32.2. The maximum Gasteiger partial charge on any atom is 0.245 e. The van der Waals surface area contributed by atoms with Crippen molar-refractivity contribution in [3.05, 3.63) is 24.0 Å². The number of nitrogens with zero attached hydrogens (tertiary/aromatic N) is 2. The van der Waals surface area contributed by atoms with Gasteiger partial charge in [-0.1, -0.05) is 0 Å². The zero-order chi connectivity index (χ0) is 14.9. The fourth-order valence-electron chi connectivity index (χ4n) is 2.47. The third kappa shape index (κ3) is 2.94. The third-order valence-corrected chi connectivity index (χ3v) is 5.70. The monoisotopic (exact) mass is 301 g/mol. The average molecular weight is 301 g/mol. The summed E-state index contributed by atoms with van der Waals surface area (Å²) in [4.78, 5) is 1.96. The number of nitrogens with two attached hydrogens (primary N) is 1. The van der Waals surface area contributed by atoms with Gasteiger partial charge in [0.05, 0.1) is 5.69 Å². The molecule has 0 aliphatic carbocycles. The zero-order valence-corrected chi connectivity index (χ0v) is 12.5. The molecule has 0 unspecified atom stereocenters. The van der Waals surface area contributed by atoms with Gasteiger partial charge in [-0.05, 0) is 45.1 Å². The van der Waals surface area contributed by atoms with Crippen molar-refractivity contribution < 1.29 is 12.8 Å². The van der Waals surface area contributed by atoms with E-state index in [1.165, 1.54) is 10.4 Å². The van der Waals surface area contributed by atoms with Crippen LogP contribution in [0.4, 0.5) is 10.1 Å². The minimum Gasteiger partial charge on any atom is -0.398 e. The number of hydrogen-bond acceptors (Lipinski definition) is 4. The van der Waals surface area contributed by atoms with Crippen LogP contribution in [0.5, 0.6) is 0 Å². The summed E-state index contributed by atoms with van der Waals surface area (Å²) in [6.45, 7) is 0.863. The lowest BCUT2D eigenvalue weighted by molar-refractivity contribution is 0.196. The summed E-state index contributed by atoms with van der Waals surface area (Å²) in [5.74, 6) is -0.596. The summed E-state index contributed by atoms with van der Waals surface area (Å²) in [7, 11) is 0.256. The number of sulfonamides is 1. The Kier molecular flexibility index (Phi) is 4.31. The lowest BCUT2D eigenvalue weighted by Crippen LogP contribution is -2.44. The standard InChI is InChI=1S/C13H20FN3O2S/c1-16(2)11-5-7-17(8-6-11)20(18,19)13-9-10(14)3-4-12(13)15/h3-4,9,11H,5-8,15H2,1-2H3. The van der Waals surface area contributed by atoms with Crippen LogP contribution in [-0.4, -0.2) is 50.8 Å². The number of nitrogen functional groups attached to an aromatic ring is 1. The molecule has 0 radical (unpaired) electrons. The number of benzene rings is 1. The van der Waals surface area contributed by atoms with Gasteiger partial charge in [-0.3, -0.25) is 0 Å². The molecule has 1 saturated heterocycles. The van der Waals surface area contributed by atoms with Crippen LogP contribution in [0, 0.1) is 5.82 Å². The van der Waals surface area contributed by atoms with Gasteiger partial charge in [-0.2, -0.15) is 4.31 Å². The number of halogens is 1. The summed E-state index contributed by atoms with van der Waals surface area (Å²) >= 11 is 0. The molecule has 0 saturated carbocycles. The van der Waals surface area contributed by atoms with E-state index in [0.717, 1.165) is 25.0 Å². The van der Waals surface area contributed by atoms with Crippen molar-refractivity contribution in [2.45, 2.75) is 23.8 Å². The van der Waals surface area contributed by atoms with E-state index in [1.54, 1.807) is 0 Å². The lowest BCUT2D eigenvalue weighted by Gasteiger charge is -2.34. The van der Waals surface area contributed by atoms with Gasteiger partial charge in [-0.25, -0.2) is 12.8 Å². The number of piperidine rings is 1. The molecule has 1 fully saturated rings. The molecule has 1 aromatic rings. The molecular weight excluding hydrogens is 281 g/mol. The summed E-state index contributed by atoms with van der Waals surface area (Å²) in [5, 5.41) is 0. The molecule has 2 N–H and O–H groups in total. The third-order valence-electron chi connectivity index (χ3n) is 3.75. The molecule has 112 valence electrons. The first-order valence-electron chi connectivity index (χ1n) is 6.54. The number of anilines is 1. The van der Waals surface area contributed by atoms with Crippen LogP contribution in [-0.2, 0) is 10.0 Å². The van der Waals surface area contributed by atoms with E-state index in [0.29, 0.717) is 19.1 Å². The first-order chi connectivity index (χ1) is 9.32. The maximum absolute atomic E-state index is 13.3.